The number of likely N-dealkylation sites (tertiary alicyclic amines) is 1. The number of nitrogens with one attached hydrogen (secondary N) is 1. The molecule has 222 valence electrons. The van der Waals surface area contributed by atoms with Crippen LogP contribution in [0.4, 0.5) is 10.5 Å². The van der Waals surface area contributed by atoms with Crippen molar-refractivity contribution in [2.45, 2.75) is 77.0 Å². The van der Waals surface area contributed by atoms with Crippen LogP contribution in [0.5, 0.6) is 0 Å². The van der Waals surface area contributed by atoms with E-state index in [0.717, 1.165) is 88.2 Å². The maximum absolute atomic E-state index is 13.5. The Labute approximate surface area is 240 Å². The smallest absolute Gasteiger partial charge is 0.410 e. The van der Waals surface area contributed by atoms with Gasteiger partial charge in [0.15, 0.2) is 0 Å². The summed E-state index contributed by atoms with van der Waals surface area (Å²) in [6, 6.07) is 5.66. The Kier molecular flexibility index (Phi) is 7.33. The molecule has 0 bridgehead atoms. The Morgan fingerprint density at radius 1 is 0.902 bits per heavy atom. The van der Waals surface area contributed by atoms with E-state index in [1.807, 2.05) is 36.3 Å². The fourth-order valence-electron chi connectivity index (χ4n) is 6.52. The number of nitrogens with zero attached hydrogens (tertiary/aromatic N) is 5. The monoisotopic (exact) mass is 566 g/mol. The number of hydrogen-bond acceptors (Lipinski definition) is 7. The summed E-state index contributed by atoms with van der Waals surface area (Å²) in [4.78, 5) is 57.0. The maximum atomic E-state index is 13.5. The molecule has 11 nitrogen and oxygen atoms in total. The zero-order valence-corrected chi connectivity index (χ0v) is 24.4. The number of hydrogen-bond donors (Lipinski definition) is 1. The molecule has 0 spiro atoms. The van der Waals surface area contributed by atoms with E-state index < -0.39 is 17.6 Å². The summed E-state index contributed by atoms with van der Waals surface area (Å²) < 4.78 is 9.00. The van der Waals surface area contributed by atoms with Gasteiger partial charge in [-0.2, -0.15) is 0 Å². The average Bonchev–Trinajstić information content (AvgIpc) is 3.71. The topological polar surface area (TPSA) is 109 Å². The number of ether oxygens (including phenoxy) is 1. The van der Waals surface area contributed by atoms with Crippen LogP contribution in [0.15, 0.2) is 23.0 Å². The molecule has 4 fully saturated rings. The second kappa shape index (κ2) is 10.8. The molecule has 0 radical (unpaired) electrons. The molecule has 1 aliphatic carbocycles. The molecule has 41 heavy (non-hydrogen) atoms. The van der Waals surface area contributed by atoms with Crippen LogP contribution in [0.2, 0.25) is 0 Å². The number of carbonyl (C=O) groups excluding carboxylic acids is 3. The van der Waals surface area contributed by atoms with E-state index in [2.05, 4.69) is 27.2 Å². The van der Waals surface area contributed by atoms with Crippen molar-refractivity contribution in [3.8, 4) is 0 Å². The number of piperidine rings is 2. The van der Waals surface area contributed by atoms with Crippen molar-refractivity contribution in [2.24, 2.45) is 5.92 Å². The molecule has 1 unspecified atom stereocenters. The van der Waals surface area contributed by atoms with Gasteiger partial charge < -0.3 is 14.5 Å². The van der Waals surface area contributed by atoms with Gasteiger partial charge in [0.25, 0.3) is 0 Å². The number of anilines is 1. The minimum atomic E-state index is -0.659. The number of imide groups is 1. The first-order valence-electron chi connectivity index (χ1n) is 15.1. The van der Waals surface area contributed by atoms with Gasteiger partial charge in [-0.15, -0.1) is 0 Å². The molecule has 1 aromatic heterocycles. The van der Waals surface area contributed by atoms with Crippen molar-refractivity contribution < 1.29 is 19.1 Å². The third-order valence-corrected chi connectivity index (χ3v) is 8.84. The average molecular weight is 567 g/mol. The number of piperazine rings is 1. The highest BCUT2D eigenvalue weighted by Gasteiger charge is 2.35. The van der Waals surface area contributed by atoms with Gasteiger partial charge in [-0.25, -0.2) is 9.59 Å². The molecule has 1 N–H and O–H groups in total. The SMILES string of the molecule is CC(C)(C)OC(=O)N1CCC(CN2CCN(c3ccc4c(c3)n(C3CC3)c(=O)n4C3CCC(=O)NC3=O)CC2)CC1. The summed E-state index contributed by atoms with van der Waals surface area (Å²) in [5, 5.41) is 2.40. The predicted octanol–water partition coefficient (Wildman–Crippen LogP) is 2.88. The minimum absolute atomic E-state index is 0.156. The molecule has 11 heteroatoms. The fourth-order valence-corrected chi connectivity index (χ4v) is 6.52. The Balaban J connectivity index is 1.09. The molecule has 1 aromatic carbocycles. The largest absolute Gasteiger partial charge is 0.444 e. The van der Waals surface area contributed by atoms with Crippen molar-refractivity contribution in [1.29, 1.82) is 0 Å². The van der Waals surface area contributed by atoms with E-state index in [1.54, 1.807) is 4.57 Å². The molecule has 4 aliphatic rings. The summed E-state index contributed by atoms with van der Waals surface area (Å²) in [6.45, 7) is 12.0. The second-order valence-electron chi connectivity index (χ2n) is 13.1. The Morgan fingerprint density at radius 3 is 2.24 bits per heavy atom. The summed E-state index contributed by atoms with van der Waals surface area (Å²) in [7, 11) is 0. The molecule has 2 aromatic rings. The third kappa shape index (κ3) is 5.86. The summed E-state index contributed by atoms with van der Waals surface area (Å²) in [6.07, 6.45) is 4.31. The van der Waals surface area contributed by atoms with Crippen LogP contribution in [0.3, 0.4) is 0 Å². The van der Waals surface area contributed by atoms with E-state index in [0.29, 0.717) is 12.3 Å². The van der Waals surface area contributed by atoms with Crippen molar-refractivity contribution in [3.05, 3.63) is 28.7 Å². The van der Waals surface area contributed by atoms with Crippen LogP contribution in [-0.4, -0.2) is 88.3 Å². The van der Waals surface area contributed by atoms with Crippen LogP contribution >= 0.6 is 0 Å². The first-order valence-corrected chi connectivity index (χ1v) is 15.1. The van der Waals surface area contributed by atoms with Crippen molar-refractivity contribution in [3.63, 3.8) is 0 Å². The van der Waals surface area contributed by atoms with Gasteiger partial charge in [0.1, 0.15) is 11.6 Å². The second-order valence-corrected chi connectivity index (χ2v) is 13.1. The lowest BCUT2D eigenvalue weighted by Gasteiger charge is -2.39. The number of fused-ring (bicyclic) bond motifs is 1. The summed E-state index contributed by atoms with van der Waals surface area (Å²) >= 11 is 0. The predicted molar refractivity (Wildman–Crippen MR) is 155 cm³/mol. The Morgan fingerprint density at radius 2 is 1.61 bits per heavy atom. The number of aromatic nitrogens is 2. The van der Waals surface area contributed by atoms with Crippen LogP contribution in [0.1, 0.15) is 71.4 Å². The fraction of sp³-hybridized carbons (Fsp3) is 0.667. The number of rotatable bonds is 5. The number of imidazole rings is 1. The van der Waals surface area contributed by atoms with Crippen LogP contribution in [0, 0.1) is 5.92 Å². The highest BCUT2D eigenvalue weighted by atomic mass is 16.6. The van der Waals surface area contributed by atoms with Gasteiger partial charge in [-0.05, 0) is 77.0 Å². The lowest BCUT2D eigenvalue weighted by molar-refractivity contribution is -0.135. The minimum Gasteiger partial charge on any atom is -0.444 e. The zero-order chi connectivity index (χ0) is 28.9. The van der Waals surface area contributed by atoms with E-state index in [1.165, 1.54) is 0 Å². The summed E-state index contributed by atoms with van der Waals surface area (Å²) in [5.41, 5.74) is 2.11. The molecule has 1 saturated carbocycles. The quantitative estimate of drug-likeness (QED) is 0.555. The van der Waals surface area contributed by atoms with Crippen LogP contribution < -0.4 is 15.9 Å². The normalized spacial score (nSPS) is 23.2. The first-order chi connectivity index (χ1) is 19.6. The van der Waals surface area contributed by atoms with Gasteiger partial charge in [0.05, 0.1) is 11.0 Å². The van der Waals surface area contributed by atoms with Crippen LogP contribution in [-0.2, 0) is 14.3 Å². The van der Waals surface area contributed by atoms with Gasteiger partial charge in [0.2, 0.25) is 11.8 Å². The van der Waals surface area contributed by atoms with E-state index in [9.17, 15) is 19.2 Å². The van der Waals surface area contributed by atoms with Crippen molar-refractivity contribution in [1.82, 2.24) is 24.3 Å². The van der Waals surface area contributed by atoms with Crippen LogP contribution in [0.25, 0.3) is 11.0 Å². The standard InChI is InChI=1S/C30H42N6O5/c1-30(2,3)41-29(40)34-12-10-20(11-13-34)19-32-14-16-33(17-15-32)22-6-7-23-25(18-22)35(21-4-5-21)28(39)36(23)24-8-9-26(37)31-27(24)38/h6-7,18,20-21,24H,4-5,8-17,19H2,1-3H3,(H,31,37,38). The maximum Gasteiger partial charge on any atom is 0.410 e. The van der Waals surface area contributed by atoms with Gasteiger partial charge in [-0.1, -0.05) is 0 Å². The number of carbonyl (C=O) groups is 3. The third-order valence-electron chi connectivity index (χ3n) is 8.84. The van der Waals surface area contributed by atoms with Crippen molar-refractivity contribution in [2.75, 3.05) is 50.7 Å². The highest BCUT2D eigenvalue weighted by Crippen LogP contribution is 2.38. The Bertz CT molecular complexity index is 1390. The van der Waals surface area contributed by atoms with Gasteiger partial charge in [0, 0.05) is 64.0 Å². The number of benzene rings is 1. The van der Waals surface area contributed by atoms with E-state index >= 15 is 0 Å². The van der Waals surface area contributed by atoms with Crippen molar-refractivity contribution >= 4 is 34.6 Å². The Hall–Kier alpha value is -3.34. The summed E-state index contributed by atoms with van der Waals surface area (Å²) in [5.74, 6) is -0.0940. The number of amides is 3. The molecule has 4 heterocycles. The van der Waals surface area contributed by atoms with Gasteiger partial charge in [-0.3, -0.25) is 28.9 Å². The van der Waals surface area contributed by atoms with Gasteiger partial charge >= 0.3 is 11.8 Å². The molecular formula is C30H42N6O5. The lowest BCUT2D eigenvalue weighted by Crippen LogP contribution is -2.49. The van der Waals surface area contributed by atoms with E-state index in [-0.39, 0.29) is 30.2 Å². The molecule has 6 rings (SSSR count). The van der Waals surface area contributed by atoms with E-state index in [4.69, 9.17) is 4.74 Å². The highest BCUT2D eigenvalue weighted by molar-refractivity contribution is 6.00. The lowest BCUT2D eigenvalue weighted by atomic mass is 9.96. The molecule has 3 amide bonds. The first kappa shape index (κ1) is 27.8. The zero-order valence-electron chi connectivity index (χ0n) is 24.4. The molecule has 3 aliphatic heterocycles. The molecular weight excluding hydrogens is 524 g/mol. The molecule has 3 saturated heterocycles. The molecule has 1 atom stereocenters.